The number of Topliss-reactive ketones (excluding diaryl/α,β-unsaturated/α-hetero) is 1. The Morgan fingerprint density at radius 1 is 0.919 bits per heavy atom. The van der Waals surface area contributed by atoms with Crippen molar-refractivity contribution in [3.63, 3.8) is 0 Å². The molecule has 62 heavy (non-hydrogen) atoms. The molecule has 7 N–H and O–H groups in total. The van der Waals surface area contributed by atoms with E-state index in [0.29, 0.717) is 25.7 Å². The lowest BCUT2D eigenvalue weighted by Gasteiger charge is -2.35. The van der Waals surface area contributed by atoms with Gasteiger partial charge in [0.15, 0.2) is 23.3 Å². The quantitative estimate of drug-likeness (QED) is 0.0769. The van der Waals surface area contributed by atoms with Gasteiger partial charge in [0.1, 0.15) is 29.3 Å². The predicted molar refractivity (Wildman–Crippen MR) is 212 cm³/mol. The maximum absolute atomic E-state index is 15.1. The van der Waals surface area contributed by atoms with Gasteiger partial charge < -0.3 is 41.7 Å². The van der Waals surface area contributed by atoms with Crippen molar-refractivity contribution in [3.05, 3.63) is 69.2 Å². The number of benzene rings is 2. The number of carbonyl (C=O) groups excluding carboxylic acids is 7. The van der Waals surface area contributed by atoms with Crippen LogP contribution in [-0.2, 0) is 33.5 Å². The van der Waals surface area contributed by atoms with Crippen molar-refractivity contribution >= 4 is 58.8 Å². The molecule has 16 nitrogen and oxygen atoms in total. The average Bonchev–Trinajstić information content (AvgIpc) is 3.62. The van der Waals surface area contributed by atoms with Crippen LogP contribution in [-0.4, -0.2) is 100 Å². The van der Waals surface area contributed by atoms with E-state index in [9.17, 15) is 47.1 Å². The van der Waals surface area contributed by atoms with Crippen molar-refractivity contribution in [1.82, 2.24) is 26.2 Å². The number of halogens is 5. The Labute approximate surface area is 359 Å². The van der Waals surface area contributed by atoms with Gasteiger partial charge in [0, 0.05) is 18.0 Å². The standard InChI is InChI=1S/C41H49ClF4N6O10/c1-5-10-23(34(54)38(58)48-17-25(53)50-32(35(47)55)20-13-9-14-21(42)15-20)49-36(56)24-16-22(62-41(2,3)4)18-52(24)39(59)33(19-11-7-6-8-12-19)51-37(57)26-28(43)30(45)27(40(60)61)31(46)29(26)44/h9,13-15,19,22-24,32-33H,5-8,10-12,16-18H2,1-4H3,(H2,47,55)(H,48,58)(H,49,56)(H,50,53)(H,51,57)(H,60,61)/t22-,23?,24+,32?,33+/m1/s1. The monoisotopic (exact) mass is 896 g/mol. The molecule has 21 heteroatoms. The summed E-state index contributed by atoms with van der Waals surface area (Å²) in [6, 6.07) is 0.122. The third-order valence-electron chi connectivity index (χ3n) is 10.4. The maximum atomic E-state index is 15.1. The summed E-state index contributed by atoms with van der Waals surface area (Å²) in [4.78, 5) is 106. The number of rotatable bonds is 17. The van der Waals surface area contributed by atoms with E-state index >= 15 is 8.78 Å². The molecule has 1 aliphatic carbocycles. The van der Waals surface area contributed by atoms with Crippen LogP contribution in [0.5, 0.6) is 0 Å². The molecule has 2 aromatic carbocycles. The second-order valence-electron chi connectivity index (χ2n) is 16.1. The van der Waals surface area contributed by atoms with Gasteiger partial charge in [-0.15, -0.1) is 0 Å². The number of likely N-dealkylation sites (tertiary alicyclic amines) is 1. The number of primary amides is 1. The van der Waals surface area contributed by atoms with Crippen molar-refractivity contribution in [2.45, 2.75) is 115 Å². The highest BCUT2D eigenvalue weighted by Gasteiger charge is 2.46. The van der Waals surface area contributed by atoms with Crippen LogP contribution in [0.1, 0.15) is 111 Å². The first-order valence-corrected chi connectivity index (χ1v) is 20.3. The Morgan fingerprint density at radius 3 is 2.08 bits per heavy atom. The Kier molecular flexibility index (Phi) is 16.6. The molecule has 0 radical (unpaired) electrons. The molecule has 1 heterocycles. The Hall–Kier alpha value is -5.63. The number of aromatic carboxylic acids is 1. The lowest BCUT2D eigenvalue weighted by molar-refractivity contribution is -0.143. The number of ether oxygens (including phenoxy) is 1. The fraction of sp³-hybridized carbons (Fsp3) is 0.512. The highest BCUT2D eigenvalue weighted by atomic mass is 35.5. The van der Waals surface area contributed by atoms with Crippen molar-refractivity contribution in [1.29, 1.82) is 0 Å². The molecule has 338 valence electrons. The highest BCUT2D eigenvalue weighted by Crippen LogP contribution is 2.32. The number of nitrogens with one attached hydrogen (secondary N) is 4. The predicted octanol–water partition coefficient (Wildman–Crippen LogP) is 3.37. The number of amides is 6. The van der Waals surface area contributed by atoms with Crippen LogP contribution >= 0.6 is 11.6 Å². The largest absolute Gasteiger partial charge is 0.477 e. The molecule has 4 rings (SSSR count). The third kappa shape index (κ3) is 12.0. The van der Waals surface area contributed by atoms with E-state index in [1.807, 2.05) is 0 Å². The summed E-state index contributed by atoms with van der Waals surface area (Å²) in [5.74, 6) is -20.1. The molecule has 2 fully saturated rings. The van der Waals surface area contributed by atoms with Crippen LogP contribution in [0, 0.1) is 29.2 Å². The summed E-state index contributed by atoms with van der Waals surface area (Å²) >= 11 is 5.98. The lowest BCUT2D eigenvalue weighted by atomic mass is 9.83. The van der Waals surface area contributed by atoms with Gasteiger partial charge in [-0.3, -0.25) is 33.6 Å². The van der Waals surface area contributed by atoms with Gasteiger partial charge in [0.25, 0.3) is 11.8 Å². The summed E-state index contributed by atoms with van der Waals surface area (Å²) in [7, 11) is 0. The summed E-state index contributed by atoms with van der Waals surface area (Å²) < 4.78 is 65.5. The van der Waals surface area contributed by atoms with E-state index in [1.54, 1.807) is 27.7 Å². The van der Waals surface area contributed by atoms with E-state index in [1.165, 1.54) is 24.3 Å². The normalized spacial score (nSPS) is 18.2. The topological polar surface area (TPSA) is 243 Å². The minimum Gasteiger partial charge on any atom is -0.477 e. The van der Waals surface area contributed by atoms with Crippen LogP contribution < -0.4 is 27.0 Å². The first kappa shape index (κ1) is 49.0. The number of ketones is 1. The fourth-order valence-electron chi connectivity index (χ4n) is 7.58. The first-order chi connectivity index (χ1) is 29.1. The molecule has 1 saturated carbocycles. The third-order valence-corrected chi connectivity index (χ3v) is 10.6. The zero-order chi connectivity index (χ0) is 46.2. The summed E-state index contributed by atoms with van der Waals surface area (Å²) in [5.41, 5.74) is 1.14. The Balaban J connectivity index is 1.57. The van der Waals surface area contributed by atoms with Gasteiger partial charge in [-0.25, -0.2) is 22.4 Å². The molecule has 0 bridgehead atoms. The van der Waals surface area contributed by atoms with Crippen LogP contribution in [0.25, 0.3) is 0 Å². The Bertz CT molecular complexity index is 2070. The SMILES string of the molecule is CCCC(NC(=O)[C@@H]1C[C@@H](OC(C)(C)C)CN1C(=O)[C@@H](NC(=O)c1c(F)c(F)c(C(=O)O)c(F)c1F)C1CCCCC1)C(=O)C(=O)NCC(=O)NC(C(N)=O)c1cccc(Cl)c1. The summed E-state index contributed by atoms with van der Waals surface area (Å²) in [6.07, 6.45) is 1.77. The summed E-state index contributed by atoms with van der Waals surface area (Å²) in [6.45, 7) is 5.78. The molecule has 2 unspecified atom stereocenters. The second-order valence-corrected chi connectivity index (χ2v) is 16.5. The van der Waals surface area contributed by atoms with Crippen LogP contribution in [0.4, 0.5) is 17.6 Å². The number of nitrogens with zero attached hydrogens (tertiary/aromatic N) is 1. The van der Waals surface area contributed by atoms with Gasteiger partial charge in [-0.1, -0.05) is 56.3 Å². The van der Waals surface area contributed by atoms with Crippen LogP contribution in [0.3, 0.4) is 0 Å². The zero-order valence-corrected chi connectivity index (χ0v) is 35.1. The van der Waals surface area contributed by atoms with Gasteiger partial charge in [0.2, 0.25) is 29.4 Å². The molecular formula is C41H49ClF4N6O10. The molecule has 0 spiro atoms. The molecule has 6 amide bonds. The number of carbonyl (C=O) groups is 8. The fourth-order valence-corrected chi connectivity index (χ4v) is 7.78. The number of nitrogens with two attached hydrogens (primary N) is 1. The number of carboxylic acids is 1. The molecule has 2 aliphatic rings. The minimum atomic E-state index is -2.33. The van der Waals surface area contributed by atoms with E-state index in [4.69, 9.17) is 27.2 Å². The second kappa shape index (κ2) is 21.0. The molecule has 1 saturated heterocycles. The van der Waals surface area contributed by atoms with Crippen molar-refractivity contribution < 1.29 is 65.8 Å². The average molecular weight is 897 g/mol. The molecule has 5 atom stereocenters. The first-order valence-electron chi connectivity index (χ1n) is 19.9. The zero-order valence-electron chi connectivity index (χ0n) is 34.4. The van der Waals surface area contributed by atoms with Gasteiger partial charge in [-0.05, 0) is 63.6 Å². The molecule has 2 aromatic rings. The van der Waals surface area contributed by atoms with Gasteiger partial charge >= 0.3 is 5.97 Å². The van der Waals surface area contributed by atoms with Crippen molar-refractivity contribution in [3.8, 4) is 0 Å². The van der Waals surface area contributed by atoms with E-state index in [0.717, 1.165) is 11.3 Å². The van der Waals surface area contributed by atoms with Gasteiger partial charge in [-0.2, -0.15) is 0 Å². The van der Waals surface area contributed by atoms with Crippen molar-refractivity contribution in [2.75, 3.05) is 13.1 Å². The smallest absolute Gasteiger partial charge is 0.341 e. The maximum Gasteiger partial charge on any atom is 0.341 e. The number of hydrogen-bond acceptors (Lipinski definition) is 9. The number of hydrogen-bond donors (Lipinski definition) is 6. The molecule has 0 aromatic heterocycles. The molecule has 1 aliphatic heterocycles. The van der Waals surface area contributed by atoms with Gasteiger partial charge in [0.05, 0.1) is 24.3 Å². The Morgan fingerprint density at radius 2 is 1.53 bits per heavy atom. The van der Waals surface area contributed by atoms with Crippen LogP contribution in [0.2, 0.25) is 5.02 Å². The molecular weight excluding hydrogens is 848 g/mol. The van der Waals surface area contributed by atoms with E-state index in [-0.39, 0.29) is 36.4 Å². The van der Waals surface area contributed by atoms with E-state index < -0.39 is 130 Å². The highest BCUT2D eigenvalue weighted by molar-refractivity contribution is 6.38. The minimum absolute atomic E-state index is 0.0725. The summed E-state index contributed by atoms with van der Waals surface area (Å²) in [5, 5.41) is 18.6. The lowest BCUT2D eigenvalue weighted by Crippen LogP contribution is -2.58. The number of carboxylic acid groups (broad SMARTS) is 1. The van der Waals surface area contributed by atoms with Crippen molar-refractivity contribution in [2.24, 2.45) is 11.7 Å². The van der Waals surface area contributed by atoms with Crippen LogP contribution in [0.15, 0.2) is 24.3 Å². The van der Waals surface area contributed by atoms with E-state index in [2.05, 4.69) is 21.3 Å².